The number of aliphatic imine (C=N–C) groups is 1. The molecule has 0 aliphatic carbocycles. The molecule has 0 saturated carbocycles. The Hall–Kier alpha value is -2.94. The first kappa shape index (κ1) is 18.8. The lowest BCUT2D eigenvalue weighted by atomic mass is 10.2. The van der Waals surface area contributed by atoms with Gasteiger partial charge in [0, 0.05) is 11.6 Å². The van der Waals surface area contributed by atoms with E-state index in [1.807, 2.05) is 0 Å². The van der Waals surface area contributed by atoms with Crippen molar-refractivity contribution in [3.63, 3.8) is 0 Å². The minimum atomic E-state index is -3.63. The predicted molar refractivity (Wildman–Crippen MR) is 97.7 cm³/mol. The summed E-state index contributed by atoms with van der Waals surface area (Å²) in [6, 6.07) is 11.8. The molecule has 0 spiro atoms. The number of nitrogens with one attached hydrogen (secondary N) is 2. The van der Waals surface area contributed by atoms with Crippen LogP contribution >= 0.6 is 0 Å². The molecule has 2 aromatic rings. The van der Waals surface area contributed by atoms with Crippen molar-refractivity contribution in [2.45, 2.75) is 17.9 Å². The molecule has 2 N–H and O–H groups in total. The van der Waals surface area contributed by atoms with Crippen LogP contribution in [0.15, 0.2) is 58.4 Å². The molecule has 0 radical (unpaired) electrons. The van der Waals surface area contributed by atoms with Crippen LogP contribution in [0, 0.1) is 5.82 Å². The normalized spacial score (nSPS) is 17.0. The Morgan fingerprint density at radius 1 is 1.26 bits per heavy atom. The number of hydrogen-bond donors (Lipinski definition) is 2. The zero-order chi connectivity index (χ0) is 19.4. The van der Waals surface area contributed by atoms with Gasteiger partial charge in [-0.3, -0.25) is 14.5 Å². The van der Waals surface area contributed by atoms with Crippen molar-refractivity contribution in [3.05, 3.63) is 59.9 Å². The van der Waals surface area contributed by atoms with Crippen molar-refractivity contribution >= 4 is 21.8 Å². The zero-order valence-electron chi connectivity index (χ0n) is 14.5. The van der Waals surface area contributed by atoms with Crippen LogP contribution in [0.1, 0.15) is 12.5 Å². The van der Waals surface area contributed by atoms with Crippen molar-refractivity contribution in [1.82, 2.24) is 10.0 Å². The van der Waals surface area contributed by atoms with E-state index in [0.717, 1.165) is 0 Å². The Bertz CT molecular complexity index is 992. The number of halogens is 1. The lowest BCUT2D eigenvalue weighted by Crippen LogP contribution is -2.38. The molecule has 1 atom stereocenters. The molecule has 142 valence electrons. The summed E-state index contributed by atoms with van der Waals surface area (Å²) < 4.78 is 44.8. The van der Waals surface area contributed by atoms with Crippen molar-refractivity contribution < 1.29 is 22.3 Å². The number of benzene rings is 2. The maximum Gasteiger partial charge on any atom is 0.263 e. The van der Waals surface area contributed by atoms with E-state index in [1.165, 1.54) is 24.3 Å². The summed E-state index contributed by atoms with van der Waals surface area (Å²) in [7, 11) is -3.63. The lowest BCUT2D eigenvalue weighted by molar-refractivity contribution is -0.120. The van der Waals surface area contributed by atoms with E-state index in [9.17, 15) is 17.6 Å². The van der Waals surface area contributed by atoms with Crippen molar-refractivity contribution in [3.8, 4) is 5.75 Å². The molecule has 2 aromatic carbocycles. The largest absolute Gasteiger partial charge is 0.491 e. The van der Waals surface area contributed by atoms with E-state index in [4.69, 9.17) is 4.74 Å². The van der Waals surface area contributed by atoms with Crippen molar-refractivity contribution in [1.29, 1.82) is 0 Å². The van der Waals surface area contributed by atoms with Crippen LogP contribution in [0.4, 0.5) is 4.39 Å². The van der Waals surface area contributed by atoms with Gasteiger partial charge in [-0.1, -0.05) is 18.2 Å². The van der Waals surface area contributed by atoms with Crippen molar-refractivity contribution in [2.75, 3.05) is 13.2 Å². The quantitative estimate of drug-likeness (QED) is 0.779. The molecule has 0 aromatic heterocycles. The topological polar surface area (TPSA) is 96.9 Å². The highest BCUT2D eigenvalue weighted by atomic mass is 32.2. The third-order valence-electron chi connectivity index (χ3n) is 3.75. The maximum absolute atomic E-state index is 13.1. The first-order chi connectivity index (χ1) is 12.8. The average Bonchev–Trinajstić information content (AvgIpc) is 2.89. The van der Waals surface area contributed by atoms with Gasteiger partial charge in [0.25, 0.3) is 10.0 Å². The number of fused-ring (bicyclic) bond motifs is 1. The van der Waals surface area contributed by atoms with Crippen LogP contribution in [0.3, 0.4) is 0 Å². The second kappa shape index (κ2) is 7.75. The Morgan fingerprint density at radius 3 is 2.81 bits per heavy atom. The van der Waals surface area contributed by atoms with Crippen LogP contribution in [-0.2, 0) is 14.8 Å². The van der Waals surface area contributed by atoms with E-state index in [2.05, 4.69) is 15.0 Å². The lowest BCUT2D eigenvalue weighted by Gasteiger charge is -2.14. The monoisotopic (exact) mass is 391 g/mol. The second-order valence-corrected chi connectivity index (χ2v) is 7.65. The number of sulfonamides is 1. The number of rotatable bonds is 6. The number of carbonyl (C=O) groups is 1. The van der Waals surface area contributed by atoms with Gasteiger partial charge in [0.15, 0.2) is 0 Å². The van der Waals surface area contributed by atoms with E-state index in [0.29, 0.717) is 11.3 Å². The molecule has 1 amide bonds. The summed E-state index contributed by atoms with van der Waals surface area (Å²) in [5.41, 5.74) is 0.438. The summed E-state index contributed by atoms with van der Waals surface area (Å²) >= 11 is 0. The molecule has 9 heteroatoms. The SMILES string of the molecule is CC(COc1cccc(F)c1)NC(=O)CN=C1NS(=O)(=O)c2ccccc21. The number of hydrogen-bond acceptors (Lipinski definition) is 5. The third-order valence-corrected chi connectivity index (χ3v) is 5.14. The summed E-state index contributed by atoms with van der Waals surface area (Å²) in [4.78, 5) is 16.2. The summed E-state index contributed by atoms with van der Waals surface area (Å²) in [6.07, 6.45) is 0. The van der Waals surface area contributed by atoms with Gasteiger partial charge in [-0.25, -0.2) is 12.8 Å². The maximum atomic E-state index is 13.1. The van der Waals surface area contributed by atoms with Gasteiger partial charge in [-0.05, 0) is 31.2 Å². The standard InChI is InChI=1S/C18H18FN3O4S/c1-12(11-26-14-6-4-5-13(19)9-14)21-17(23)10-20-18-15-7-2-3-8-16(15)27(24,25)22-18/h2-9,12H,10-11H2,1H3,(H,20,22)(H,21,23). The number of ether oxygens (including phenoxy) is 1. The van der Waals surface area contributed by atoms with Crippen LogP contribution < -0.4 is 14.8 Å². The molecule has 1 unspecified atom stereocenters. The van der Waals surface area contributed by atoms with Crippen LogP contribution in [-0.4, -0.2) is 39.4 Å². The number of amides is 1. The smallest absolute Gasteiger partial charge is 0.263 e. The molecular formula is C18H18FN3O4S. The van der Waals surface area contributed by atoms with Crippen LogP contribution in [0.5, 0.6) is 5.75 Å². The van der Waals surface area contributed by atoms with E-state index < -0.39 is 15.8 Å². The first-order valence-electron chi connectivity index (χ1n) is 8.19. The Morgan fingerprint density at radius 2 is 2.04 bits per heavy atom. The van der Waals surface area contributed by atoms with Gasteiger partial charge in [-0.15, -0.1) is 0 Å². The van der Waals surface area contributed by atoms with Gasteiger partial charge in [0.05, 0.1) is 10.9 Å². The number of carbonyl (C=O) groups excluding carboxylic acids is 1. The Balaban J connectivity index is 1.55. The molecule has 0 fully saturated rings. The predicted octanol–water partition coefficient (Wildman–Crippen LogP) is 1.45. The summed E-state index contributed by atoms with van der Waals surface area (Å²) in [5, 5.41) is 2.69. The first-order valence-corrected chi connectivity index (χ1v) is 9.68. The molecule has 7 nitrogen and oxygen atoms in total. The Labute approximate surface area is 156 Å². The van der Waals surface area contributed by atoms with Gasteiger partial charge in [0.1, 0.15) is 30.6 Å². The fourth-order valence-corrected chi connectivity index (χ4v) is 3.79. The Kier molecular flexibility index (Phi) is 5.41. The van der Waals surface area contributed by atoms with Gasteiger partial charge < -0.3 is 10.1 Å². The molecule has 1 aliphatic heterocycles. The molecule has 27 heavy (non-hydrogen) atoms. The number of amidine groups is 1. The molecule has 0 bridgehead atoms. The van der Waals surface area contributed by atoms with Crippen molar-refractivity contribution in [2.24, 2.45) is 4.99 Å². The highest BCUT2D eigenvalue weighted by Gasteiger charge is 2.30. The van der Waals surface area contributed by atoms with E-state index >= 15 is 0 Å². The summed E-state index contributed by atoms with van der Waals surface area (Å²) in [6.45, 7) is 1.65. The third kappa shape index (κ3) is 4.62. The molecule has 1 heterocycles. The molecular weight excluding hydrogens is 373 g/mol. The average molecular weight is 391 g/mol. The highest BCUT2D eigenvalue weighted by Crippen LogP contribution is 2.22. The second-order valence-electron chi connectivity index (χ2n) is 6.00. The fraction of sp³-hybridized carbons (Fsp3) is 0.222. The fourth-order valence-electron chi connectivity index (χ4n) is 2.54. The summed E-state index contributed by atoms with van der Waals surface area (Å²) in [5.74, 6) is -0.279. The van der Waals surface area contributed by atoms with Gasteiger partial charge in [0.2, 0.25) is 5.91 Å². The van der Waals surface area contributed by atoms with Crippen LogP contribution in [0.2, 0.25) is 0 Å². The number of nitrogens with zero attached hydrogens (tertiary/aromatic N) is 1. The van der Waals surface area contributed by atoms with Gasteiger partial charge >= 0.3 is 0 Å². The van der Waals surface area contributed by atoms with E-state index in [-0.39, 0.29) is 35.8 Å². The minimum absolute atomic E-state index is 0.140. The highest BCUT2D eigenvalue weighted by molar-refractivity contribution is 7.90. The van der Waals surface area contributed by atoms with E-state index in [1.54, 1.807) is 31.2 Å². The van der Waals surface area contributed by atoms with Crippen LogP contribution in [0.25, 0.3) is 0 Å². The molecule has 3 rings (SSSR count). The zero-order valence-corrected chi connectivity index (χ0v) is 15.3. The minimum Gasteiger partial charge on any atom is -0.491 e. The molecule has 0 saturated heterocycles. The molecule has 1 aliphatic rings. The van der Waals surface area contributed by atoms with Gasteiger partial charge in [-0.2, -0.15) is 0 Å².